The second-order valence-corrected chi connectivity index (χ2v) is 7.91. The van der Waals surface area contributed by atoms with Gasteiger partial charge in [-0.2, -0.15) is 13.2 Å². The number of alkyl carbamates (subject to hydrolysis) is 1. The smallest absolute Gasteiger partial charge is 0.422 e. The van der Waals surface area contributed by atoms with Crippen LogP contribution in [-0.2, 0) is 14.3 Å². The quantitative estimate of drug-likeness (QED) is 0.447. The van der Waals surface area contributed by atoms with E-state index in [9.17, 15) is 22.8 Å². The van der Waals surface area contributed by atoms with Crippen molar-refractivity contribution in [3.05, 3.63) is 95.6 Å². The third-order valence-electron chi connectivity index (χ3n) is 5.61. The molecule has 1 N–H and O–H groups in total. The molecule has 0 aliphatic heterocycles. The summed E-state index contributed by atoms with van der Waals surface area (Å²) < 4.78 is 46.9. The molecule has 4 rings (SSSR count). The van der Waals surface area contributed by atoms with Gasteiger partial charge in [-0.05, 0) is 27.8 Å². The molecule has 8 heteroatoms. The predicted molar refractivity (Wildman–Crippen MR) is 119 cm³/mol. The van der Waals surface area contributed by atoms with E-state index in [0.717, 1.165) is 22.3 Å². The standard InChI is InChI=1S/C26H22F3NO4/c27-26(28,29)16-34-24(31)14-23(17-8-2-1-3-9-17)30-25(32)33-15-22-20-12-6-4-10-18(20)19-11-5-7-13-21(19)22/h1-13,22-23H,14-16H2,(H,30,32)/t23-/m1/s1. The molecule has 34 heavy (non-hydrogen) atoms. The number of carbonyl (C=O) groups excluding carboxylic acids is 2. The van der Waals surface area contributed by atoms with Crippen LogP contribution in [0.15, 0.2) is 78.9 Å². The molecule has 0 unspecified atom stereocenters. The third kappa shape index (κ3) is 5.57. The third-order valence-corrected chi connectivity index (χ3v) is 5.61. The minimum absolute atomic E-state index is 0.0693. The summed E-state index contributed by atoms with van der Waals surface area (Å²) in [6.45, 7) is -1.61. The van der Waals surface area contributed by atoms with E-state index in [2.05, 4.69) is 10.1 Å². The fourth-order valence-corrected chi connectivity index (χ4v) is 4.11. The molecule has 0 heterocycles. The molecule has 1 atom stereocenters. The zero-order valence-electron chi connectivity index (χ0n) is 18.0. The highest BCUT2D eigenvalue weighted by Crippen LogP contribution is 2.44. The number of hydrogen-bond acceptors (Lipinski definition) is 4. The van der Waals surface area contributed by atoms with E-state index in [1.807, 2.05) is 48.5 Å². The van der Waals surface area contributed by atoms with Gasteiger partial charge in [0.05, 0.1) is 12.5 Å². The summed E-state index contributed by atoms with van der Waals surface area (Å²) in [6, 6.07) is 23.3. The monoisotopic (exact) mass is 469 g/mol. The number of ether oxygens (including phenoxy) is 2. The summed E-state index contributed by atoms with van der Waals surface area (Å²) in [4.78, 5) is 24.6. The Morgan fingerprint density at radius 1 is 0.824 bits per heavy atom. The Hall–Kier alpha value is -3.81. The van der Waals surface area contributed by atoms with E-state index in [-0.39, 0.29) is 12.5 Å². The van der Waals surface area contributed by atoms with Crippen LogP contribution in [0.2, 0.25) is 0 Å². The lowest BCUT2D eigenvalue weighted by Gasteiger charge is -2.20. The molecule has 0 aromatic heterocycles. The van der Waals surface area contributed by atoms with Gasteiger partial charge in [0.2, 0.25) is 0 Å². The maximum absolute atomic E-state index is 12.6. The first kappa shape index (κ1) is 23.4. The number of alkyl halides is 3. The van der Waals surface area contributed by atoms with Gasteiger partial charge in [-0.25, -0.2) is 4.79 Å². The molecule has 0 saturated carbocycles. The second kappa shape index (κ2) is 9.99. The van der Waals surface area contributed by atoms with Gasteiger partial charge in [0.1, 0.15) is 6.61 Å². The van der Waals surface area contributed by atoms with Gasteiger partial charge in [0.25, 0.3) is 0 Å². The summed E-state index contributed by atoms with van der Waals surface area (Å²) in [5, 5.41) is 2.59. The highest BCUT2D eigenvalue weighted by Gasteiger charge is 2.31. The van der Waals surface area contributed by atoms with Crippen LogP contribution in [0.5, 0.6) is 0 Å². The summed E-state index contributed by atoms with van der Waals surface area (Å²) >= 11 is 0. The van der Waals surface area contributed by atoms with Crippen molar-refractivity contribution in [3.63, 3.8) is 0 Å². The number of benzene rings is 3. The minimum atomic E-state index is -4.63. The maximum Gasteiger partial charge on any atom is 0.422 e. The Labute approximate surface area is 194 Å². The van der Waals surface area contributed by atoms with E-state index in [1.165, 1.54) is 0 Å². The summed E-state index contributed by atoms with van der Waals surface area (Å²) in [7, 11) is 0. The van der Waals surface area contributed by atoms with Gasteiger partial charge >= 0.3 is 18.2 Å². The van der Waals surface area contributed by atoms with Crippen LogP contribution in [0.4, 0.5) is 18.0 Å². The van der Waals surface area contributed by atoms with Crippen LogP contribution >= 0.6 is 0 Å². The molecule has 1 aliphatic carbocycles. The molecule has 176 valence electrons. The number of nitrogens with one attached hydrogen (secondary N) is 1. The topological polar surface area (TPSA) is 64.6 Å². The largest absolute Gasteiger partial charge is 0.456 e. The lowest BCUT2D eigenvalue weighted by Crippen LogP contribution is -2.32. The molecule has 0 radical (unpaired) electrons. The number of halogens is 3. The fraction of sp³-hybridized carbons (Fsp3) is 0.231. The lowest BCUT2D eigenvalue weighted by molar-refractivity contribution is -0.186. The Balaban J connectivity index is 1.43. The first-order valence-electron chi connectivity index (χ1n) is 10.7. The number of amides is 1. The number of fused-ring (bicyclic) bond motifs is 3. The van der Waals surface area contributed by atoms with Gasteiger partial charge in [-0.3, -0.25) is 4.79 Å². The number of hydrogen-bond donors (Lipinski definition) is 1. The molecule has 1 amide bonds. The molecule has 5 nitrogen and oxygen atoms in total. The molecular weight excluding hydrogens is 447 g/mol. The highest BCUT2D eigenvalue weighted by atomic mass is 19.4. The van der Waals surface area contributed by atoms with Crippen LogP contribution in [0.25, 0.3) is 11.1 Å². The Bertz CT molecular complexity index is 1120. The minimum Gasteiger partial charge on any atom is -0.456 e. The maximum atomic E-state index is 12.6. The number of rotatable bonds is 7. The number of esters is 1. The normalized spacial score (nSPS) is 13.5. The second-order valence-electron chi connectivity index (χ2n) is 7.91. The van der Waals surface area contributed by atoms with Crippen molar-refractivity contribution in [3.8, 4) is 11.1 Å². The van der Waals surface area contributed by atoms with Gasteiger partial charge in [-0.1, -0.05) is 78.9 Å². The molecule has 0 saturated heterocycles. The van der Waals surface area contributed by atoms with Crippen molar-refractivity contribution in [1.29, 1.82) is 0 Å². The van der Waals surface area contributed by atoms with Crippen molar-refractivity contribution < 1.29 is 32.2 Å². The zero-order chi connectivity index (χ0) is 24.1. The van der Waals surface area contributed by atoms with Gasteiger partial charge in [-0.15, -0.1) is 0 Å². The molecule has 3 aromatic rings. The summed E-state index contributed by atoms with van der Waals surface area (Å²) in [5.41, 5.74) is 4.81. The number of carbonyl (C=O) groups is 2. The van der Waals surface area contributed by atoms with Gasteiger partial charge in [0.15, 0.2) is 6.61 Å². The van der Waals surface area contributed by atoms with Crippen LogP contribution in [0.1, 0.15) is 35.1 Å². The highest BCUT2D eigenvalue weighted by molar-refractivity contribution is 5.79. The van der Waals surface area contributed by atoms with Crippen LogP contribution < -0.4 is 5.32 Å². The Morgan fingerprint density at radius 2 is 1.38 bits per heavy atom. The molecule has 0 spiro atoms. The van der Waals surface area contributed by atoms with Crippen molar-refractivity contribution in [2.45, 2.75) is 24.6 Å². The van der Waals surface area contributed by atoms with Crippen molar-refractivity contribution in [1.82, 2.24) is 5.32 Å². The van der Waals surface area contributed by atoms with E-state index in [1.54, 1.807) is 30.3 Å². The Kier molecular flexibility index (Phi) is 6.86. The molecule has 3 aromatic carbocycles. The first-order valence-corrected chi connectivity index (χ1v) is 10.7. The summed E-state index contributed by atoms with van der Waals surface area (Å²) in [6.07, 6.45) is -5.87. The van der Waals surface area contributed by atoms with Crippen LogP contribution in [0.3, 0.4) is 0 Å². The van der Waals surface area contributed by atoms with E-state index in [4.69, 9.17) is 4.74 Å². The van der Waals surface area contributed by atoms with Crippen molar-refractivity contribution >= 4 is 12.1 Å². The van der Waals surface area contributed by atoms with Gasteiger partial charge in [0, 0.05) is 5.92 Å². The predicted octanol–water partition coefficient (Wildman–Crippen LogP) is 5.76. The van der Waals surface area contributed by atoms with Crippen LogP contribution in [0, 0.1) is 0 Å². The molecular formula is C26H22F3NO4. The lowest BCUT2D eigenvalue weighted by atomic mass is 9.98. The zero-order valence-corrected chi connectivity index (χ0v) is 18.0. The molecule has 0 fully saturated rings. The van der Waals surface area contributed by atoms with E-state index in [0.29, 0.717) is 5.56 Å². The fourth-order valence-electron chi connectivity index (χ4n) is 4.11. The van der Waals surface area contributed by atoms with Crippen molar-refractivity contribution in [2.24, 2.45) is 0 Å². The van der Waals surface area contributed by atoms with Gasteiger partial charge < -0.3 is 14.8 Å². The van der Waals surface area contributed by atoms with E-state index >= 15 is 0 Å². The first-order chi connectivity index (χ1) is 16.3. The molecule has 0 bridgehead atoms. The van der Waals surface area contributed by atoms with E-state index < -0.39 is 37.3 Å². The average molecular weight is 469 g/mol. The SMILES string of the molecule is O=C(C[C@@H](NC(=O)OCC1c2ccccc2-c2ccccc21)c1ccccc1)OCC(F)(F)F. The van der Waals surface area contributed by atoms with Crippen molar-refractivity contribution in [2.75, 3.05) is 13.2 Å². The van der Waals surface area contributed by atoms with Crippen LogP contribution in [-0.4, -0.2) is 31.5 Å². The average Bonchev–Trinajstić information content (AvgIpc) is 3.15. The molecule has 1 aliphatic rings. The summed E-state index contributed by atoms with van der Waals surface area (Å²) in [5.74, 6) is -1.23. The Morgan fingerprint density at radius 3 is 1.97 bits per heavy atom.